The van der Waals surface area contributed by atoms with Gasteiger partial charge in [-0.25, -0.2) is 8.42 Å². The van der Waals surface area contributed by atoms with Crippen LogP contribution in [0.3, 0.4) is 0 Å². The molecule has 0 saturated heterocycles. The molecule has 0 aliphatic heterocycles. The minimum Gasteiger partial charge on any atom is -0.282 e. The average Bonchev–Trinajstić information content (AvgIpc) is 2.24. The quantitative estimate of drug-likeness (QED) is 0.682. The highest BCUT2D eigenvalue weighted by Crippen LogP contribution is 2.20. The molecule has 0 aliphatic carbocycles. The molecule has 0 bridgehead atoms. The number of rotatable bonds is 4. The third kappa shape index (κ3) is 3.89. The van der Waals surface area contributed by atoms with Crippen molar-refractivity contribution in [3.05, 3.63) is 29.8 Å². The summed E-state index contributed by atoms with van der Waals surface area (Å²) in [4.78, 5) is 11.4. The van der Waals surface area contributed by atoms with Crippen molar-refractivity contribution in [1.29, 1.82) is 0 Å². The number of benzene rings is 1. The molecular formula is C12H20N2O3SSi. The standard InChI is InChI=1S/C12H20N2O3SSi/c1-10-6-8-12(9-7-10)18(16,17)14(13-11(2)15)19(3,4)5/h6-9H,1-5H3,(H,13,15). The molecule has 1 N–H and O–H groups in total. The molecule has 1 rings (SSSR count). The molecule has 7 heteroatoms. The lowest BCUT2D eigenvalue weighted by Gasteiger charge is -2.32. The zero-order valence-electron chi connectivity index (χ0n) is 11.9. The Bertz CT molecular complexity index is 562. The zero-order valence-corrected chi connectivity index (χ0v) is 13.7. The Morgan fingerprint density at radius 2 is 1.63 bits per heavy atom. The SMILES string of the molecule is CC(=O)NN([Si](C)(C)C)S(=O)(=O)c1ccc(C)cc1. The van der Waals surface area contributed by atoms with Gasteiger partial charge in [-0.3, -0.25) is 10.2 Å². The van der Waals surface area contributed by atoms with Crippen LogP contribution in [0.5, 0.6) is 0 Å². The number of aryl methyl sites for hydroxylation is 1. The van der Waals surface area contributed by atoms with Crippen LogP contribution in [-0.2, 0) is 14.8 Å². The molecule has 0 fully saturated rings. The fraction of sp³-hybridized carbons (Fsp3) is 0.417. The monoisotopic (exact) mass is 300 g/mol. The van der Waals surface area contributed by atoms with E-state index in [1.807, 2.05) is 26.6 Å². The lowest BCUT2D eigenvalue weighted by Crippen LogP contribution is -2.58. The molecule has 0 spiro atoms. The number of hydrogen-bond acceptors (Lipinski definition) is 3. The summed E-state index contributed by atoms with van der Waals surface area (Å²) in [7, 11) is -5.98. The lowest BCUT2D eigenvalue weighted by atomic mass is 10.2. The summed E-state index contributed by atoms with van der Waals surface area (Å²) in [5.74, 6) is -0.391. The summed E-state index contributed by atoms with van der Waals surface area (Å²) in [5.41, 5.74) is 3.43. The fourth-order valence-corrected chi connectivity index (χ4v) is 6.18. The molecule has 0 aromatic heterocycles. The van der Waals surface area contributed by atoms with Crippen molar-refractivity contribution in [2.75, 3.05) is 0 Å². The highest BCUT2D eigenvalue weighted by atomic mass is 32.2. The molecule has 19 heavy (non-hydrogen) atoms. The van der Waals surface area contributed by atoms with Crippen LogP contribution in [0.4, 0.5) is 0 Å². The van der Waals surface area contributed by atoms with E-state index in [4.69, 9.17) is 0 Å². The van der Waals surface area contributed by atoms with E-state index in [0.29, 0.717) is 0 Å². The fourth-order valence-electron chi connectivity index (χ4n) is 1.55. The summed E-state index contributed by atoms with van der Waals surface area (Å²) in [6, 6.07) is 6.59. The van der Waals surface area contributed by atoms with E-state index in [1.165, 1.54) is 6.92 Å². The van der Waals surface area contributed by atoms with Gasteiger partial charge in [0.25, 0.3) is 10.0 Å². The molecule has 0 radical (unpaired) electrons. The normalized spacial score (nSPS) is 12.5. The van der Waals surface area contributed by atoms with Crippen LogP contribution in [0.1, 0.15) is 12.5 Å². The number of sulfonamides is 1. The number of nitrogens with one attached hydrogen (secondary N) is 1. The second kappa shape index (κ2) is 5.44. The maximum absolute atomic E-state index is 12.6. The maximum atomic E-state index is 12.6. The van der Waals surface area contributed by atoms with E-state index >= 15 is 0 Å². The van der Waals surface area contributed by atoms with Crippen LogP contribution in [0, 0.1) is 6.92 Å². The molecule has 0 unspecified atom stereocenters. The van der Waals surface area contributed by atoms with Crippen molar-refractivity contribution in [2.45, 2.75) is 38.4 Å². The summed E-state index contributed by atoms with van der Waals surface area (Å²) in [5, 5.41) is 0. The first kappa shape index (κ1) is 15.9. The number of hydrazine groups is 1. The Hall–Kier alpha value is -1.18. The Balaban J connectivity index is 3.27. The van der Waals surface area contributed by atoms with Crippen molar-refractivity contribution < 1.29 is 13.2 Å². The Labute approximate surface area is 115 Å². The highest BCUT2D eigenvalue weighted by molar-refractivity contribution is 7.90. The predicted molar refractivity (Wildman–Crippen MR) is 77.4 cm³/mol. The second-order valence-electron chi connectivity index (χ2n) is 5.42. The molecule has 0 heterocycles. The van der Waals surface area contributed by atoms with Gasteiger partial charge < -0.3 is 0 Å². The van der Waals surface area contributed by atoms with Crippen molar-refractivity contribution in [3.8, 4) is 0 Å². The van der Waals surface area contributed by atoms with Crippen LogP contribution < -0.4 is 5.43 Å². The van der Waals surface area contributed by atoms with Crippen molar-refractivity contribution in [2.24, 2.45) is 0 Å². The molecule has 1 amide bonds. The van der Waals surface area contributed by atoms with Crippen molar-refractivity contribution in [1.82, 2.24) is 9.51 Å². The number of hydrogen-bond donors (Lipinski definition) is 1. The van der Waals surface area contributed by atoms with Gasteiger partial charge in [-0.2, -0.15) is 0 Å². The van der Waals surface area contributed by atoms with E-state index < -0.39 is 24.2 Å². The van der Waals surface area contributed by atoms with E-state index in [-0.39, 0.29) is 4.90 Å². The lowest BCUT2D eigenvalue weighted by molar-refractivity contribution is -0.120. The third-order valence-corrected chi connectivity index (χ3v) is 7.56. The highest BCUT2D eigenvalue weighted by Gasteiger charge is 2.36. The van der Waals surface area contributed by atoms with E-state index in [2.05, 4.69) is 5.43 Å². The topological polar surface area (TPSA) is 66.5 Å². The van der Waals surface area contributed by atoms with E-state index in [9.17, 15) is 13.2 Å². The van der Waals surface area contributed by atoms with Crippen LogP contribution in [-0.4, -0.2) is 26.6 Å². The molecule has 5 nitrogen and oxygen atoms in total. The van der Waals surface area contributed by atoms with Crippen LogP contribution >= 0.6 is 0 Å². The number of nitrogens with zero attached hydrogens (tertiary/aromatic N) is 1. The molecule has 106 valence electrons. The Kier molecular flexibility index (Phi) is 4.54. The van der Waals surface area contributed by atoms with Gasteiger partial charge in [-0.05, 0) is 19.1 Å². The number of carbonyl (C=O) groups excluding carboxylic acids is 1. The predicted octanol–water partition coefficient (Wildman–Crippen LogP) is 1.87. The average molecular weight is 300 g/mol. The van der Waals surface area contributed by atoms with Crippen LogP contribution in [0.15, 0.2) is 29.2 Å². The summed E-state index contributed by atoms with van der Waals surface area (Å²) >= 11 is 0. The molecular weight excluding hydrogens is 280 g/mol. The first-order chi connectivity index (χ1) is 8.55. The van der Waals surface area contributed by atoms with Gasteiger partial charge in [0, 0.05) is 6.92 Å². The maximum Gasteiger partial charge on any atom is 0.253 e. The molecule has 1 aromatic carbocycles. The molecule has 0 aliphatic rings. The minimum atomic E-state index is -3.71. The van der Waals surface area contributed by atoms with Gasteiger partial charge in [-0.1, -0.05) is 37.3 Å². The molecule has 1 aromatic rings. The smallest absolute Gasteiger partial charge is 0.253 e. The van der Waals surface area contributed by atoms with Crippen LogP contribution in [0.2, 0.25) is 19.6 Å². The zero-order chi connectivity index (χ0) is 14.8. The number of amides is 1. The van der Waals surface area contributed by atoms with Gasteiger partial charge in [0.2, 0.25) is 5.91 Å². The first-order valence-corrected chi connectivity index (χ1v) is 10.8. The number of carbonyl (C=O) groups is 1. The van der Waals surface area contributed by atoms with E-state index in [0.717, 1.165) is 9.64 Å². The largest absolute Gasteiger partial charge is 0.282 e. The van der Waals surface area contributed by atoms with Gasteiger partial charge in [0.1, 0.15) is 0 Å². The molecule has 0 saturated carbocycles. The minimum absolute atomic E-state index is 0.189. The summed E-state index contributed by atoms with van der Waals surface area (Å²) in [6.07, 6.45) is 0. The van der Waals surface area contributed by atoms with Gasteiger partial charge in [-0.15, -0.1) is 4.08 Å². The first-order valence-electron chi connectivity index (χ1n) is 5.94. The molecule has 0 atom stereocenters. The Morgan fingerprint density at radius 1 is 1.16 bits per heavy atom. The van der Waals surface area contributed by atoms with Gasteiger partial charge in [0.15, 0.2) is 8.24 Å². The van der Waals surface area contributed by atoms with Gasteiger partial charge >= 0.3 is 0 Å². The second-order valence-corrected chi connectivity index (χ2v) is 12.3. The van der Waals surface area contributed by atoms with Crippen LogP contribution in [0.25, 0.3) is 0 Å². The van der Waals surface area contributed by atoms with Gasteiger partial charge in [0.05, 0.1) is 4.90 Å². The Morgan fingerprint density at radius 3 is 2.00 bits per heavy atom. The van der Waals surface area contributed by atoms with Crippen molar-refractivity contribution >= 4 is 24.2 Å². The summed E-state index contributed by atoms with van der Waals surface area (Å²) in [6.45, 7) is 8.76. The summed E-state index contributed by atoms with van der Waals surface area (Å²) < 4.78 is 26.3. The van der Waals surface area contributed by atoms with E-state index in [1.54, 1.807) is 24.3 Å². The third-order valence-electron chi connectivity index (χ3n) is 2.43. The van der Waals surface area contributed by atoms with Crippen molar-refractivity contribution in [3.63, 3.8) is 0 Å².